The molecule has 3 aromatic heterocycles. The number of para-hydroxylation sites is 1. The molecule has 0 saturated carbocycles. The van der Waals surface area contributed by atoms with Crippen LogP contribution in [0.15, 0.2) is 65.3 Å². The number of thiazole rings is 1. The van der Waals surface area contributed by atoms with E-state index in [2.05, 4.69) is 31.3 Å². The van der Waals surface area contributed by atoms with Crippen LogP contribution in [-0.2, 0) is 5.75 Å². The minimum absolute atomic E-state index is 0.0617. The van der Waals surface area contributed by atoms with Gasteiger partial charge in [-0.1, -0.05) is 30.0 Å². The molecule has 0 fully saturated rings. The van der Waals surface area contributed by atoms with E-state index in [-0.39, 0.29) is 16.9 Å². The molecule has 31 heavy (non-hydrogen) atoms. The second-order valence-corrected chi connectivity index (χ2v) is 8.03. The molecule has 3 N–H and O–H groups in total. The summed E-state index contributed by atoms with van der Waals surface area (Å²) in [6, 6.07) is 14.3. The number of pyridine rings is 1. The van der Waals surface area contributed by atoms with E-state index in [1.54, 1.807) is 30.6 Å². The number of nitrogen functional groups attached to an aromatic ring is 1. The molecule has 0 aliphatic carbocycles. The number of amides is 1. The third-order valence-corrected chi connectivity index (χ3v) is 5.99. The van der Waals surface area contributed by atoms with Crippen molar-refractivity contribution in [3.8, 4) is 16.9 Å². The number of nitriles is 1. The monoisotopic (exact) mass is 445 g/mol. The number of thioether (sulfide) groups is 1. The molecular formula is C21H15N7OS2. The van der Waals surface area contributed by atoms with E-state index in [0.29, 0.717) is 22.3 Å². The fourth-order valence-electron chi connectivity index (χ4n) is 2.63. The van der Waals surface area contributed by atoms with Gasteiger partial charge < -0.3 is 11.1 Å². The molecule has 1 amide bonds. The van der Waals surface area contributed by atoms with Gasteiger partial charge in [0.1, 0.15) is 16.9 Å². The topological polar surface area (TPSA) is 130 Å². The van der Waals surface area contributed by atoms with Crippen molar-refractivity contribution >= 4 is 40.5 Å². The van der Waals surface area contributed by atoms with Gasteiger partial charge in [-0.3, -0.25) is 4.79 Å². The molecule has 10 heteroatoms. The van der Waals surface area contributed by atoms with Gasteiger partial charge >= 0.3 is 0 Å². The summed E-state index contributed by atoms with van der Waals surface area (Å²) >= 11 is 2.78. The van der Waals surface area contributed by atoms with Gasteiger partial charge in [-0.05, 0) is 24.3 Å². The van der Waals surface area contributed by atoms with E-state index in [1.807, 2.05) is 23.6 Å². The number of anilines is 2. The molecule has 4 aromatic rings. The highest BCUT2D eigenvalue weighted by Crippen LogP contribution is 2.29. The Bertz CT molecular complexity index is 1250. The van der Waals surface area contributed by atoms with Crippen molar-refractivity contribution < 1.29 is 4.79 Å². The van der Waals surface area contributed by atoms with Crippen molar-refractivity contribution in [3.63, 3.8) is 0 Å². The normalized spacial score (nSPS) is 10.4. The number of hydrogen-bond acceptors (Lipinski definition) is 9. The van der Waals surface area contributed by atoms with Gasteiger partial charge in [0.2, 0.25) is 0 Å². The van der Waals surface area contributed by atoms with E-state index >= 15 is 0 Å². The summed E-state index contributed by atoms with van der Waals surface area (Å²) in [5.74, 6) is 0.695. The third kappa shape index (κ3) is 4.85. The fraction of sp³-hybridized carbons (Fsp3) is 0.0476. The number of carbonyl (C=O) groups excluding carboxylic acids is 1. The number of nitrogens with zero attached hydrogens (tertiary/aromatic N) is 5. The first-order valence-corrected chi connectivity index (χ1v) is 10.9. The Morgan fingerprint density at radius 2 is 1.94 bits per heavy atom. The van der Waals surface area contributed by atoms with Crippen molar-refractivity contribution in [2.24, 2.45) is 0 Å². The van der Waals surface area contributed by atoms with E-state index in [0.717, 1.165) is 10.7 Å². The average Bonchev–Trinajstić information content (AvgIpc) is 3.28. The number of nitrogens with one attached hydrogen (secondary N) is 1. The molecule has 8 nitrogen and oxygen atoms in total. The maximum atomic E-state index is 12.6. The lowest BCUT2D eigenvalue weighted by atomic mass is 10.2. The Balaban J connectivity index is 1.49. The lowest BCUT2D eigenvalue weighted by Gasteiger charge is -2.10. The van der Waals surface area contributed by atoms with Crippen LogP contribution < -0.4 is 11.1 Å². The number of aromatic nitrogens is 4. The number of benzene rings is 1. The average molecular weight is 446 g/mol. The van der Waals surface area contributed by atoms with Gasteiger partial charge in [0.25, 0.3) is 5.91 Å². The second-order valence-electron chi connectivity index (χ2n) is 6.21. The SMILES string of the molecule is N#Cc1cc(C(=O)Nc2ccccc2)c(N)nc1SCc1csc(-c2ncccn2)n1. The van der Waals surface area contributed by atoms with Crippen LogP contribution in [0.2, 0.25) is 0 Å². The van der Waals surface area contributed by atoms with Crippen LogP contribution in [0, 0.1) is 11.3 Å². The molecule has 0 aliphatic heterocycles. The van der Waals surface area contributed by atoms with Gasteiger partial charge in [-0.2, -0.15) is 5.26 Å². The summed E-state index contributed by atoms with van der Waals surface area (Å²) in [5.41, 5.74) is 7.90. The molecule has 0 atom stereocenters. The summed E-state index contributed by atoms with van der Waals surface area (Å²) in [6.45, 7) is 0. The zero-order valence-electron chi connectivity index (χ0n) is 16.0. The molecule has 1 aromatic carbocycles. The Morgan fingerprint density at radius 3 is 2.68 bits per heavy atom. The van der Waals surface area contributed by atoms with Crippen LogP contribution in [0.3, 0.4) is 0 Å². The van der Waals surface area contributed by atoms with E-state index in [9.17, 15) is 10.1 Å². The van der Waals surface area contributed by atoms with Crippen LogP contribution in [0.5, 0.6) is 0 Å². The van der Waals surface area contributed by atoms with Gasteiger partial charge in [-0.15, -0.1) is 11.3 Å². The first-order chi connectivity index (χ1) is 15.1. The summed E-state index contributed by atoms with van der Waals surface area (Å²) in [7, 11) is 0. The highest BCUT2D eigenvalue weighted by atomic mass is 32.2. The number of carbonyl (C=O) groups is 1. The van der Waals surface area contributed by atoms with Gasteiger partial charge in [0, 0.05) is 29.2 Å². The Morgan fingerprint density at radius 1 is 1.16 bits per heavy atom. The molecule has 0 saturated heterocycles. The van der Waals surface area contributed by atoms with Crippen LogP contribution in [-0.4, -0.2) is 25.8 Å². The molecule has 0 unspecified atom stereocenters. The molecular weight excluding hydrogens is 430 g/mol. The fourth-order valence-corrected chi connectivity index (χ4v) is 4.36. The number of rotatable bonds is 6. The lowest BCUT2D eigenvalue weighted by Crippen LogP contribution is -2.15. The third-order valence-electron chi connectivity index (χ3n) is 4.08. The Labute approximate surface area is 186 Å². The zero-order chi connectivity index (χ0) is 21.6. The molecule has 152 valence electrons. The maximum Gasteiger partial charge on any atom is 0.259 e. The largest absolute Gasteiger partial charge is 0.383 e. The van der Waals surface area contributed by atoms with Crippen LogP contribution in [0.25, 0.3) is 10.8 Å². The van der Waals surface area contributed by atoms with E-state index < -0.39 is 5.91 Å². The van der Waals surface area contributed by atoms with Crippen molar-refractivity contribution in [1.29, 1.82) is 5.26 Å². The number of hydrogen-bond donors (Lipinski definition) is 2. The lowest BCUT2D eigenvalue weighted by molar-refractivity contribution is 0.102. The smallest absolute Gasteiger partial charge is 0.259 e. The molecule has 0 spiro atoms. The Kier molecular flexibility index (Phi) is 6.16. The number of nitrogens with two attached hydrogens (primary N) is 1. The zero-order valence-corrected chi connectivity index (χ0v) is 17.7. The van der Waals surface area contributed by atoms with Gasteiger partial charge in [0.15, 0.2) is 10.8 Å². The second kappa shape index (κ2) is 9.34. The van der Waals surface area contributed by atoms with E-state index in [4.69, 9.17) is 5.73 Å². The molecule has 0 aliphatic rings. The minimum Gasteiger partial charge on any atom is -0.383 e. The quantitative estimate of drug-likeness (QED) is 0.426. The van der Waals surface area contributed by atoms with Crippen molar-refractivity contribution in [1.82, 2.24) is 19.9 Å². The molecule has 3 heterocycles. The Hall–Kier alpha value is -3.81. The predicted molar refractivity (Wildman–Crippen MR) is 120 cm³/mol. The maximum absolute atomic E-state index is 12.6. The van der Waals surface area contributed by atoms with Crippen molar-refractivity contribution in [2.45, 2.75) is 10.8 Å². The highest BCUT2D eigenvalue weighted by molar-refractivity contribution is 7.98. The predicted octanol–water partition coefficient (Wildman–Crippen LogP) is 3.99. The van der Waals surface area contributed by atoms with Gasteiger partial charge in [0.05, 0.1) is 16.8 Å². The summed E-state index contributed by atoms with van der Waals surface area (Å²) in [6.07, 6.45) is 3.33. The van der Waals surface area contributed by atoms with Gasteiger partial charge in [-0.25, -0.2) is 19.9 Å². The standard InChI is InChI=1S/C21H15N7OS2/c22-10-13-9-16(19(29)26-14-5-2-1-3-6-14)17(23)28-20(13)30-11-15-12-31-21(27-15)18-24-7-4-8-25-18/h1-9,12H,11H2,(H2,23,28)(H,26,29). The molecule has 0 radical (unpaired) electrons. The first-order valence-electron chi connectivity index (χ1n) is 9.05. The first kappa shape index (κ1) is 20.5. The minimum atomic E-state index is -0.420. The summed E-state index contributed by atoms with van der Waals surface area (Å²) in [4.78, 5) is 29.8. The van der Waals surface area contributed by atoms with Crippen LogP contribution in [0.1, 0.15) is 21.6 Å². The molecule has 0 bridgehead atoms. The molecule has 4 rings (SSSR count). The van der Waals surface area contributed by atoms with E-state index in [1.165, 1.54) is 29.2 Å². The summed E-state index contributed by atoms with van der Waals surface area (Å²) in [5, 5.41) is 15.4. The van der Waals surface area contributed by atoms with Crippen LogP contribution in [0.4, 0.5) is 11.5 Å². The summed E-state index contributed by atoms with van der Waals surface area (Å²) < 4.78 is 0. The van der Waals surface area contributed by atoms with Crippen LogP contribution >= 0.6 is 23.1 Å². The highest BCUT2D eigenvalue weighted by Gasteiger charge is 2.17. The van der Waals surface area contributed by atoms with Crippen molar-refractivity contribution in [3.05, 3.63) is 77.1 Å². The van der Waals surface area contributed by atoms with Crippen molar-refractivity contribution in [2.75, 3.05) is 11.1 Å².